The summed E-state index contributed by atoms with van der Waals surface area (Å²) >= 11 is 0. The summed E-state index contributed by atoms with van der Waals surface area (Å²) in [5.74, 6) is -5.44. The molecule has 0 radical (unpaired) electrons. The average Bonchev–Trinajstić information content (AvgIpc) is 2.50. The van der Waals surface area contributed by atoms with Crippen LogP contribution >= 0.6 is 0 Å². The van der Waals surface area contributed by atoms with E-state index in [0.29, 0.717) is 17.2 Å². The molecule has 0 heterocycles. The Morgan fingerprint density at radius 2 is 1.90 bits per heavy atom. The molecule has 0 aromatic heterocycles. The predicted molar refractivity (Wildman–Crippen MR) is 68.6 cm³/mol. The quantitative estimate of drug-likeness (QED) is 0.884. The molecule has 2 aromatic carbocycles. The second-order valence-corrected chi connectivity index (χ2v) is 4.22. The van der Waals surface area contributed by atoms with Crippen LogP contribution in [0.3, 0.4) is 0 Å². The van der Waals surface area contributed by atoms with Gasteiger partial charge in [-0.2, -0.15) is 5.26 Å². The van der Waals surface area contributed by atoms with E-state index in [9.17, 15) is 18.0 Å². The van der Waals surface area contributed by atoms with Crippen molar-refractivity contribution in [2.75, 3.05) is 0 Å². The van der Waals surface area contributed by atoms with E-state index in [2.05, 4.69) is 5.32 Å². The largest absolute Gasteiger partial charge is 0.348 e. The predicted octanol–water partition coefficient (Wildman–Crippen LogP) is 2.91. The Balaban J connectivity index is 2.12. The molecule has 1 N–H and O–H groups in total. The lowest BCUT2D eigenvalue weighted by Crippen LogP contribution is -2.24. The van der Waals surface area contributed by atoms with Gasteiger partial charge in [-0.25, -0.2) is 13.2 Å². The van der Waals surface area contributed by atoms with Crippen molar-refractivity contribution in [3.05, 3.63) is 70.5 Å². The molecule has 0 bridgehead atoms. The lowest BCUT2D eigenvalue weighted by atomic mass is 10.1. The maximum Gasteiger partial charge on any atom is 0.254 e. The number of nitriles is 1. The topological polar surface area (TPSA) is 52.9 Å². The molecular weight excluding hydrogens is 281 g/mol. The Labute approximate surface area is 118 Å². The maximum atomic E-state index is 13.4. The first-order valence-corrected chi connectivity index (χ1v) is 5.93. The van der Waals surface area contributed by atoms with E-state index >= 15 is 0 Å². The van der Waals surface area contributed by atoms with E-state index < -0.39 is 28.9 Å². The molecule has 21 heavy (non-hydrogen) atoms. The van der Waals surface area contributed by atoms with Gasteiger partial charge in [0.1, 0.15) is 0 Å². The van der Waals surface area contributed by atoms with Gasteiger partial charge in [0, 0.05) is 6.54 Å². The summed E-state index contributed by atoms with van der Waals surface area (Å²) in [6, 6.07) is 9.96. The minimum atomic E-state index is -1.69. The van der Waals surface area contributed by atoms with E-state index in [0.717, 1.165) is 6.07 Å². The highest BCUT2D eigenvalue weighted by Gasteiger charge is 2.18. The summed E-state index contributed by atoms with van der Waals surface area (Å²) in [6.45, 7) is 0.0345. The van der Waals surface area contributed by atoms with Gasteiger partial charge in [-0.15, -0.1) is 0 Å². The maximum absolute atomic E-state index is 13.4. The first-order chi connectivity index (χ1) is 10.0. The molecular formula is C15H9F3N2O. The van der Waals surface area contributed by atoms with E-state index in [-0.39, 0.29) is 6.54 Å². The zero-order chi connectivity index (χ0) is 15.4. The highest BCUT2D eigenvalue weighted by Crippen LogP contribution is 2.15. The van der Waals surface area contributed by atoms with Crippen LogP contribution in [0.2, 0.25) is 0 Å². The first-order valence-electron chi connectivity index (χ1n) is 5.93. The molecule has 0 aliphatic heterocycles. The number of nitrogens with one attached hydrogen (secondary N) is 1. The standard InChI is InChI=1S/C15H9F3N2O/c16-12-5-4-11(13(17)14(12)18)15(21)20-8-10-3-1-2-9(6-10)7-19/h1-6H,8H2,(H,20,21). The Bertz CT molecular complexity index is 738. The van der Waals surface area contributed by atoms with Crippen molar-refractivity contribution in [2.24, 2.45) is 0 Å². The molecule has 0 aliphatic carbocycles. The molecule has 0 atom stereocenters. The van der Waals surface area contributed by atoms with Gasteiger partial charge in [0.25, 0.3) is 5.91 Å². The third-order valence-electron chi connectivity index (χ3n) is 2.79. The zero-order valence-corrected chi connectivity index (χ0v) is 10.7. The summed E-state index contributed by atoms with van der Waals surface area (Å²) in [7, 11) is 0. The van der Waals surface area contributed by atoms with Gasteiger partial charge in [-0.05, 0) is 29.8 Å². The van der Waals surface area contributed by atoms with Crippen LogP contribution in [0, 0.1) is 28.8 Å². The van der Waals surface area contributed by atoms with E-state index in [1.54, 1.807) is 24.3 Å². The van der Waals surface area contributed by atoms with Gasteiger partial charge in [0.2, 0.25) is 0 Å². The van der Waals surface area contributed by atoms with E-state index in [1.807, 2.05) is 6.07 Å². The summed E-state index contributed by atoms with van der Waals surface area (Å²) in [6.07, 6.45) is 0. The van der Waals surface area contributed by atoms with Crippen LogP contribution in [0.4, 0.5) is 13.2 Å². The lowest BCUT2D eigenvalue weighted by molar-refractivity contribution is 0.0945. The minimum Gasteiger partial charge on any atom is -0.348 e. The summed E-state index contributed by atoms with van der Waals surface area (Å²) < 4.78 is 39.3. The molecule has 0 saturated heterocycles. The van der Waals surface area contributed by atoms with Crippen LogP contribution < -0.4 is 5.32 Å². The number of amides is 1. The summed E-state index contributed by atoms with van der Waals surface area (Å²) in [5.41, 5.74) is 0.469. The zero-order valence-electron chi connectivity index (χ0n) is 10.7. The summed E-state index contributed by atoms with van der Waals surface area (Å²) in [5, 5.41) is 11.1. The van der Waals surface area contributed by atoms with Gasteiger partial charge < -0.3 is 5.32 Å². The third-order valence-corrected chi connectivity index (χ3v) is 2.79. The number of benzene rings is 2. The van der Waals surface area contributed by atoms with Gasteiger partial charge in [0.05, 0.1) is 17.2 Å². The fourth-order valence-corrected chi connectivity index (χ4v) is 1.73. The Morgan fingerprint density at radius 1 is 1.14 bits per heavy atom. The molecule has 0 saturated carbocycles. The number of hydrogen-bond acceptors (Lipinski definition) is 2. The van der Waals surface area contributed by atoms with Gasteiger partial charge in [-0.1, -0.05) is 12.1 Å². The molecule has 1 amide bonds. The molecule has 2 rings (SSSR count). The number of nitrogens with zero attached hydrogens (tertiary/aromatic N) is 1. The van der Waals surface area contributed by atoms with Gasteiger partial charge in [0.15, 0.2) is 17.5 Å². The van der Waals surface area contributed by atoms with Crippen LogP contribution in [-0.2, 0) is 6.54 Å². The lowest BCUT2D eigenvalue weighted by Gasteiger charge is -2.07. The molecule has 6 heteroatoms. The monoisotopic (exact) mass is 290 g/mol. The smallest absolute Gasteiger partial charge is 0.254 e. The molecule has 2 aromatic rings. The second-order valence-electron chi connectivity index (χ2n) is 4.22. The number of carbonyl (C=O) groups excluding carboxylic acids is 1. The average molecular weight is 290 g/mol. The fourth-order valence-electron chi connectivity index (χ4n) is 1.73. The molecule has 0 fully saturated rings. The van der Waals surface area contributed by atoms with Crippen LogP contribution in [-0.4, -0.2) is 5.91 Å². The van der Waals surface area contributed by atoms with Crippen molar-refractivity contribution in [3.63, 3.8) is 0 Å². The molecule has 3 nitrogen and oxygen atoms in total. The highest BCUT2D eigenvalue weighted by atomic mass is 19.2. The molecule has 106 valence electrons. The SMILES string of the molecule is N#Cc1cccc(CNC(=O)c2ccc(F)c(F)c2F)c1. The van der Waals surface area contributed by atoms with Crippen LogP contribution in [0.15, 0.2) is 36.4 Å². The van der Waals surface area contributed by atoms with Crippen molar-refractivity contribution in [2.45, 2.75) is 6.54 Å². The van der Waals surface area contributed by atoms with Crippen LogP contribution in [0.25, 0.3) is 0 Å². The minimum absolute atomic E-state index is 0.0345. The molecule has 0 spiro atoms. The number of carbonyl (C=O) groups is 1. The first kappa shape index (κ1) is 14.6. The molecule has 0 unspecified atom stereocenters. The highest BCUT2D eigenvalue weighted by molar-refractivity contribution is 5.94. The Hall–Kier alpha value is -2.81. The number of hydrogen-bond donors (Lipinski definition) is 1. The molecule has 0 aliphatic rings. The summed E-state index contributed by atoms with van der Waals surface area (Å²) in [4.78, 5) is 11.8. The van der Waals surface area contributed by atoms with Gasteiger partial charge >= 0.3 is 0 Å². The third kappa shape index (κ3) is 3.20. The Kier molecular flexibility index (Phi) is 4.24. The van der Waals surface area contributed by atoms with Crippen LogP contribution in [0.5, 0.6) is 0 Å². The normalized spacial score (nSPS) is 10.0. The fraction of sp³-hybridized carbons (Fsp3) is 0.0667. The van der Waals surface area contributed by atoms with E-state index in [1.165, 1.54) is 0 Å². The van der Waals surface area contributed by atoms with E-state index in [4.69, 9.17) is 5.26 Å². The van der Waals surface area contributed by atoms with Crippen molar-refractivity contribution >= 4 is 5.91 Å². The van der Waals surface area contributed by atoms with Gasteiger partial charge in [-0.3, -0.25) is 4.79 Å². The second kappa shape index (κ2) is 6.09. The number of halogens is 3. The van der Waals surface area contributed by atoms with Crippen molar-refractivity contribution < 1.29 is 18.0 Å². The van der Waals surface area contributed by atoms with Crippen molar-refractivity contribution in [1.29, 1.82) is 5.26 Å². The van der Waals surface area contributed by atoms with Crippen LogP contribution in [0.1, 0.15) is 21.5 Å². The van der Waals surface area contributed by atoms with Crippen molar-refractivity contribution in [3.8, 4) is 6.07 Å². The van der Waals surface area contributed by atoms with Crippen molar-refractivity contribution in [1.82, 2.24) is 5.32 Å². The Morgan fingerprint density at radius 3 is 2.62 bits per heavy atom. The number of rotatable bonds is 3.